The molecular weight excluding hydrogens is 222 g/mol. The molecule has 3 unspecified atom stereocenters. The summed E-state index contributed by atoms with van der Waals surface area (Å²) >= 11 is 6.10. The lowest BCUT2D eigenvalue weighted by Gasteiger charge is -2.41. The minimum Gasteiger partial charge on any atom is -0.351 e. The van der Waals surface area contributed by atoms with Crippen molar-refractivity contribution in [1.29, 1.82) is 0 Å². The Morgan fingerprint density at radius 2 is 1.94 bits per heavy atom. The van der Waals surface area contributed by atoms with Crippen molar-refractivity contribution in [3.63, 3.8) is 0 Å². The van der Waals surface area contributed by atoms with E-state index in [0.717, 1.165) is 12.4 Å². The Bertz CT molecular complexity index is 369. The molecule has 88 valence electrons. The first-order valence-electron chi connectivity index (χ1n) is 5.82. The summed E-state index contributed by atoms with van der Waals surface area (Å²) in [6.07, 6.45) is 4.61. The maximum atomic E-state index is 6.10. The fraction of sp³-hybridized carbons (Fsp3) is 0.667. The van der Waals surface area contributed by atoms with Crippen molar-refractivity contribution < 1.29 is 0 Å². The van der Waals surface area contributed by atoms with Crippen LogP contribution >= 0.6 is 11.6 Å². The minimum atomic E-state index is 0.477. The van der Waals surface area contributed by atoms with Gasteiger partial charge in [-0.3, -0.25) is 0 Å². The van der Waals surface area contributed by atoms with E-state index in [1.165, 1.54) is 6.42 Å². The molecule has 0 bridgehead atoms. The third-order valence-corrected chi connectivity index (χ3v) is 3.77. The van der Waals surface area contributed by atoms with Crippen LogP contribution in [0.2, 0.25) is 5.15 Å². The molecule has 1 aromatic heterocycles. The summed E-state index contributed by atoms with van der Waals surface area (Å²) in [6, 6.07) is 0.477. The number of rotatable bonds is 1. The second-order valence-corrected chi connectivity index (χ2v) is 5.24. The summed E-state index contributed by atoms with van der Waals surface area (Å²) in [5.74, 6) is 2.18. The van der Waals surface area contributed by atoms with Crippen LogP contribution in [-0.4, -0.2) is 22.6 Å². The number of anilines is 1. The average molecular weight is 240 g/mol. The van der Waals surface area contributed by atoms with Crippen LogP contribution in [0.3, 0.4) is 0 Å². The summed E-state index contributed by atoms with van der Waals surface area (Å²) in [6.45, 7) is 7.82. The predicted molar refractivity (Wildman–Crippen MR) is 66.8 cm³/mol. The summed E-state index contributed by atoms with van der Waals surface area (Å²) < 4.78 is 0. The van der Waals surface area contributed by atoms with Crippen molar-refractivity contribution in [1.82, 2.24) is 9.97 Å². The predicted octanol–water partition coefficient (Wildman–Crippen LogP) is 3.00. The SMILES string of the molecule is CC1CC(C)C(C)N(c2nccnc2Cl)C1. The molecule has 1 aromatic rings. The molecule has 0 amide bonds. The van der Waals surface area contributed by atoms with E-state index in [4.69, 9.17) is 11.6 Å². The normalized spacial score (nSPS) is 30.5. The standard InChI is InChI=1S/C12H18ClN3/c1-8-6-9(2)10(3)16(7-8)12-11(13)14-4-5-15-12/h4-5,8-10H,6-7H2,1-3H3. The number of hydrogen-bond donors (Lipinski definition) is 0. The molecule has 1 aliphatic rings. The lowest BCUT2D eigenvalue weighted by Crippen LogP contribution is -2.46. The minimum absolute atomic E-state index is 0.477. The third kappa shape index (κ3) is 2.14. The van der Waals surface area contributed by atoms with Crippen molar-refractivity contribution in [3.8, 4) is 0 Å². The van der Waals surface area contributed by atoms with Crippen LogP contribution < -0.4 is 4.90 Å². The van der Waals surface area contributed by atoms with Crippen molar-refractivity contribution in [2.45, 2.75) is 33.2 Å². The quantitative estimate of drug-likeness (QED) is 0.755. The van der Waals surface area contributed by atoms with Crippen molar-refractivity contribution in [3.05, 3.63) is 17.5 Å². The first kappa shape index (κ1) is 11.6. The first-order valence-corrected chi connectivity index (χ1v) is 6.20. The first-order chi connectivity index (χ1) is 7.59. The lowest BCUT2D eigenvalue weighted by atomic mass is 9.86. The van der Waals surface area contributed by atoms with E-state index in [1.54, 1.807) is 12.4 Å². The van der Waals surface area contributed by atoms with Gasteiger partial charge in [0, 0.05) is 25.0 Å². The number of piperidine rings is 1. The van der Waals surface area contributed by atoms with Crippen LogP contribution in [-0.2, 0) is 0 Å². The van der Waals surface area contributed by atoms with Crippen LogP contribution in [0.5, 0.6) is 0 Å². The zero-order valence-corrected chi connectivity index (χ0v) is 10.8. The van der Waals surface area contributed by atoms with E-state index in [-0.39, 0.29) is 0 Å². The van der Waals surface area contributed by atoms with Gasteiger partial charge in [0.2, 0.25) is 0 Å². The van der Waals surface area contributed by atoms with E-state index in [2.05, 4.69) is 35.6 Å². The second-order valence-electron chi connectivity index (χ2n) is 4.88. The van der Waals surface area contributed by atoms with Gasteiger partial charge in [0.1, 0.15) is 0 Å². The fourth-order valence-corrected chi connectivity index (χ4v) is 2.71. The molecule has 2 rings (SSSR count). The molecule has 0 radical (unpaired) electrons. The molecule has 1 saturated heterocycles. The summed E-state index contributed by atoms with van der Waals surface area (Å²) in [5.41, 5.74) is 0. The van der Waals surface area contributed by atoms with Gasteiger partial charge in [-0.1, -0.05) is 25.4 Å². The van der Waals surface area contributed by atoms with E-state index < -0.39 is 0 Å². The van der Waals surface area contributed by atoms with Gasteiger partial charge < -0.3 is 4.90 Å². The van der Waals surface area contributed by atoms with E-state index in [9.17, 15) is 0 Å². The second kappa shape index (κ2) is 4.58. The van der Waals surface area contributed by atoms with E-state index in [0.29, 0.717) is 23.0 Å². The monoisotopic (exact) mass is 239 g/mol. The highest BCUT2D eigenvalue weighted by atomic mass is 35.5. The van der Waals surface area contributed by atoms with Gasteiger partial charge >= 0.3 is 0 Å². The molecule has 0 saturated carbocycles. The van der Waals surface area contributed by atoms with Gasteiger partial charge in [0.05, 0.1) is 0 Å². The maximum Gasteiger partial charge on any atom is 0.171 e. The van der Waals surface area contributed by atoms with Crippen LogP contribution in [0.25, 0.3) is 0 Å². The van der Waals surface area contributed by atoms with Gasteiger partial charge in [-0.05, 0) is 25.2 Å². The highest BCUT2D eigenvalue weighted by molar-refractivity contribution is 6.31. The molecule has 0 aliphatic carbocycles. The van der Waals surface area contributed by atoms with Crippen molar-refractivity contribution in [2.75, 3.05) is 11.4 Å². The molecule has 3 atom stereocenters. The van der Waals surface area contributed by atoms with Gasteiger partial charge in [-0.2, -0.15) is 0 Å². The lowest BCUT2D eigenvalue weighted by molar-refractivity contribution is 0.295. The molecule has 0 spiro atoms. The molecule has 1 fully saturated rings. The zero-order valence-electron chi connectivity index (χ0n) is 10.0. The molecule has 3 nitrogen and oxygen atoms in total. The molecule has 4 heteroatoms. The zero-order chi connectivity index (χ0) is 11.7. The molecule has 1 aliphatic heterocycles. The molecule has 0 N–H and O–H groups in total. The van der Waals surface area contributed by atoms with Crippen LogP contribution in [0, 0.1) is 11.8 Å². The topological polar surface area (TPSA) is 29.0 Å². The van der Waals surface area contributed by atoms with Gasteiger partial charge in [0.15, 0.2) is 11.0 Å². The molecular formula is C12H18ClN3. The van der Waals surface area contributed by atoms with E-state index in [1.807, 2.05) is 0 Å². The fourth-order valence-electron chi connectivity index (χ4n) is 2.50. The number of aromatic nitrogens is 2. The Morgan fingerprint density at radius 3 is 2.62 bits per heavy atom. The maximum absolute atomic E-state index is 6.10. The highest BCUT2D eigenvalue weighted by Crippen LogP contribution is 2.32. The molecule has 0 aromatic carbocycles. The third-order valence-electron chi connectivity index (χ3n) is 3.51. The van der Waals surface area contributed by atoms with Gasteiger partial charge in [-0.15, -0.1) is 0 Å². The Kier molecular flexibility index (Phi) is 3.33. The smallest absolute Gasteiger partial charge is 0.171 e. The Balaban J connectivity index is 2.29. The van der Waals surface area contributed by atoms with Crippen LogP contribution in [0.15, 0.2) is 12.4 Å². The summed E-state index contributed by atoms with van der Waals surface area (Å²) in [5, 5.41) is 0.510. The van der Waals surface area contributed by atoms with Crippen molar-refractivity contribution in [2.24, 2.45) is 11.8 Å². The Morgan fingerprint density at radius 1 is 1.25 bits per heavy atom. The highest BCUT2D eigenvalue weighted by Gasteiger charge is 2.30. The molecule has 16 heavy (non-hydrogen) atoms. The average Bonchev–Trinajstić information content (AvgIpc) is 2.24. The summed E-state index contributed by atoms with van der Waals surface area (Å²) in [4.78, 5) is 10.7. The van der Waals surface area contributed by atoms with Crippen LogP contribution in [0.1, 0.15) is 27.2 Å². The largest absolute Gasteiger partial charge is 0.351 e. The Hall–Kier alpha value is -0.830. The molecule has 2 heterocycles. The van der Waals surface area contributed by atoms with Gasteiger partial charge in [0.25, 0.3) is 0 Å². The number of halogens is 1. The van der Waals surface area contributed by atoms with Crippen molar-refractivity contribution >= 4 is 17.4 Å². The Labute approximate surface area is 102 Å². The summed E-state index contributed by atoms with van der Waals surface area (Å²) in [7, 11) is 0. The van der Waals surface area contributed by atoms with Crippen LogP contribution in [0.4, 0.5) is 5.82 Å². The van der Waals surface area contributed by atoms with E-state index >= 15 is 0 Å². The number of hydrogen-bond acceptors (Lipinski definition) is 3. The van der Waals surface area contributed by atoms with Gasteiger partial charge in [-0.25, -0.2) is 9.97 Å². The number of nitrogens with zero attached hydrogens (tertiary/aromatic N) is 3.